The largest absolute Gasteiger partial charge is 0.394 e. The van der Waals surface area contributed by atoms with Crippen LogP contribution in [0.2, 0.25) is 0 Å². The van der Waals surface area contributed by atoms with Crippen molar-refractivity contribution in [2.75, 3.05) is 6.61 Å². The van der Waals surface area contributed by atoms with Gasteiger partial charge in [0.05, 0.1) is 6.61 Å². The lowest BCUT2D eigenvalue weighted by atomic mass is 10.0. The van der Waals surface area contributed by atoms with E-state index in [0.29, 0.717) is 0 Å². The van der Waals surface area contributed by atoms with Crippen molar-refractivity contribution in [2.45, 2.75) is 32.2 Å². The maximum atomic E-state index is 8.81. The summed E-state index contributed by atoms with van der Waals surface area (Å²) in [5.74, 6) is 0. The highest BCUT2D eigenvalue weighted by Crippen LogP contribution is 2.55. The normalized spacial score (nSPS) is 49.3. The smallest absolute Gasteiger partial charge is 0.0616 e. The summed E-state index contributed by atoms with van der Waals surface area (Å²) in [5, 5.41) is 8.81. The molecule has 0 spiro atoms. The highest BCUT2D eigenvalue weighted by molar-refractivity contribution is 5.16. The van der Waals surface area contributed by atoms with Crippen LogP contribution in [0.1, 0.15) is 26.7 Å². The summed E-state index contributed by atoms with van der Waals surface area (Å²) in [4.78, 5) is 0. The molecule has 0 aliphatic heterocycles. The third kappa shape index (κ3) is 0.775. The van der Waals surface area contributed by atoms with Gasteiger partial charge in [0.25, 0.3) is 0 Å². The van der Waals surface area contributed by atoms with Crippen LogP contribution in [-0.2, 0) is 0 Å². The third-order valence-corrected chi connectivity index (χ3v) is 2.85. The van der Waals surface area contributed by atoms with Gasteiger partial charge in [-0.3, -0.25) is 0 Å². The van der Waals surface area contributed by atoms with E-state index in [1.54, 1.807) is 0 Å². The molecule has 0 aromatic carbocycles. The zero-order chi connectivity index (χ0) is 7.12. The summed E-state index contributed by atoms with van der Waals surface area (Å²) < 4.78 is 0. The second kappa shape index (κ2) is 1.70. The van der Waals surface area contributed by atoms with Crippen LogP contribution in [0.25, 0.3) is 0 Å². The number of aliphatic hydroxyl groups is 1. The lowest BCUT2D eigenvalue weighted by molar-refractivity contribution is 0.227. The maximum absolute atomic E-state index is 8.81. The fraction of sp³-hybridized carbons (Fsp3) is 1.00. The second-order valence-corrected chi connectivity index (χ2v) is 3.41. The van der Waals surface area contributed by atoms with Crippen LogP contribution in [0.15, 0.2) is 0 Å². The fourth-order valence-electron chi connectivity index (χ4n) is 1.38. The van der Waals surface area contributed by atoms with Gasteiger partial charge in [0.15, 0.2) is 0 Å². The lowest BCUT2D eigenvalue weighted by Crippen LogP contribution is -2.33. The van der Waals surface area contributed by atoms with Gasteiger partial charge in [0.2, 0.25) is 0 Å². The van der Waals surface area contributed by atoms with E-state index in [2.05, 4.69) is 13.8 Å². The summed E-state index contributed by atoms with van der Waals surface area (Å²) in [6.07, 6.45) is 2.05. The molecule has 0 heterocycles. The number of aliphatic hydroxyl groups excluding tert-OH is 1. The lowest BCUT2D eigenvalue weighted by Gasteiger charge is -2.13. The van der Waals surface area contributed by atoms with E-state index in [-0.39, 0.29) is 17.6 Å². The minimum absolute atomic E-state index is 0.136. The Morgan fingerprint density at radius 3 is 2.33 bits per heavy atom. The molecule has 1 saturated carbocycles. The molecule has 1 aliphatic rings. The first-order valence-electron chi connectivity index (χ1n) is 3.48. The van der Waals surface area contributed by atoms with Crippen molar-refractivity contribution in [3.8, 4) is 0 Å². The van der Waals surface area contributed by atoms with E-state index in [1.807, 2.05) is 0 Å². The summed E-state index contributed by atoms with van der Waals surface area (Å²) in [5.41, 5.74) is 5.76. The van der Waals surface area contributed by atoms with Crippen LogP contribution < -0.4 is 5.73 Å². The van der Waals surface area contributed by atoms with Crippen molar-refractivity contribution < 1.29 is 5.11 Å². The van der Waals surface area contributed by atoms with E-state index in [4.69, 9.17) is 10.8 Å². The van der Waals surface area contributed by atoms with Gasteiger partial charge in [-0.15, -0.1) is 0 Å². The Labute approximate surface area is 56.1 Å². The monoisotopic (exact) mass is 129 g/mol. The number of hydrogen-bond donors (Lipinski definition) is 2. The molecule has 1 rings (SSSR count). The SMILES string of the molecule is CC[C@@]1(C)C[C@]1(N)CO. The van der Waals surface area contributed by atoms with Crippen LogP contribution in [0.4, 0.5) is 0 Å². The molecule has 0 saturated heterocycles. The van der Waals surface area contributed by atoms with Gasteiger partial charge in [0.1, 0.15) is 0 Å². The first-order chi connectivity index (χ1) is 4.08. The van der Waals surface area contributed by atoms with E-state index in [9.17, 15) is 0 Å². The van der Waals surface area contributed by atoms with Crippen LogP contribution in [0, 0.1) is 5.41 Å². The van der Waals surface area contributed by atoms with E-state index in [1.165, 1.54) is 0 Å². The van der Waals surface area contributed by atoms with Crippen LogP contribution in [-0.4, -0.2) is 17.3 Å². The van der Waals surface area contributed by atoms with E-state index < -0.39 is 0 Å². The molecule has 0 unspecified atom stereocenters. The summed E-state index contributed by atoms with van der Waals surface area (Å²) in [6.45, 7) is 4.38. The first kappa shape index (κ1) is 7.03. The molecule has 2 atom stereocenters. The standard InChI is InChI=1S/C7H15NO/c1-3-6(2)4-7(6,8)5-9/h9H,3-5,8H2,1-2H3/t6-,7-/m0/s1. The predicted molar refractivity (Wildman–Crippen MR) is 37.0 cm³/mol. The number of hydrogen-bond acceptors (Lipinski definition) is 2. The van der Waals surface area contributed by atoms with E-state index in [0.717, 1.165) is 12.8 Å². The van der Waals surface area contributed by atoms with Crippen molar-refractivity contribution in [3.05, 3.63) is 0 Å². The molecule has 3 N–H and O–H groups in total. The fourth-order valence-corrected chi connectivity index (χ4v) is 1.38. The Kier molecular flexibility index (Phi) is 1.33. The van der Waals surface area contributed by atoms with Crippen molar-refractivity contribution in [2.24, 2.45) is 11.1 Å². The van der Waals surface area contributed by atoms with Gasteiger partial charge < -0.3 is 10.8 Å². The third-order valence-electron chi connectivity index (χ3n) is 2.85. The van der Waals surface area contributed by atoms with Gasteiger partial charge in [0, 0.05) is 5.54 Å². The average molecular weight is 129 g/mol. The molecule has 0 bridgehead atoms. The molecular weight excluding hydrogens is 114 g/mol. The van der Waals surface area contributed by atoms with Gasteiger partial charge in [-0.2, -0.15) is 0 Å². The molecular formula is C7H15NO. The van der Waals surface area contributed by atoms with Gasteiger partial charge >= 0.3 is 0 Å². The molecule has 1 aliphatic carbocycles. The average Bonchev–Trinajstić information content (AvgIpc) is 2.39. The van der Waals surface area contributed by atoms with Crippen molar-refractivity contribution in [1.82, 2.24) is 0 Å². The van der Waals surface area contributed by atoms with Gasteiger partial charge in [-0.1, -0.05) is 13.8 Å². The Hall–Kier alpha value is -0.0800. The van der Waals surface area contributed by atoms with E-state index >= 15 is 0 Å². The topological polar surface area (TPSA) is 46.2 Å². The van der Waals surface area contributed by atoms with Gasteiger partial charge in [-0.25, -0.2) is 0 Å². The molecule has 0 amide bonds. The summed E-state index contributed by atoms with van der Waals surface area (Å²) in [7, 11) is 0. The summed E-state index contributed by atoms with van der Waals surface area (Å²) in [6, 6.07) is 0. The molecule has 1 fully saturated rings. The van der Waals surface area contributed by atoms with Crippen LogP contribution in [0.3, 0.4) is 0 Å². The molecule has 2 nitrogen and oxygen atoms in total. The Morgan fingerprint density at radius 2 is 2.22 bits per heavy atom. The summed E-state index contributed by atoms with van der Waals surface area (Å²) >= 11 is 0. The highest BCUT2D eigenvalue weighted by atomic mass is 16.3. The van der Waals surface area contributed by atoms with Crippen LogP contribution in [0.5, 0.6) is 0 Å². The first-order valence-corrected chi connectivity index (χ1v) is 3.48. The van der Waals surface area contributed by atoms with Crippen LogP contribution >= 0.6 is 0 Å². The predicted octanol–water partition coefficient (Wildman–Crippen LogP) is 0.496. The molecule has 9 heavy (non-hydrogen) atoms. The molecule has 0 aromatic rings. The number of nitrogens with two attached hydrogens (primary N) is 1. The Balaban J connectivity index is 2.54. The Bertz CT molecular complexity index is 112. The zero-order valence-corrected chi connectivity index (χ0v) is 6.15. The number of rotatable bonds is 2. The van der Waals surface area contributed by atoms with Crippen molar-refractivity contribution >= 4 is 0 Å². The highest BCUT2D eigenvalue weighted by Gasteiger charge is 2.59. The zero-order valence-electron chi connectivity index (χ0n) is 6.15. The van der Waals surface area contributed by atoms with Crippen molar-refractivity contribution in [1.29, 1.82) is 0 Å². The molecule has 0 aromatic heterocycles. The van der Waals surface area contributed by atoms with Gasteiger partial charge in [-0.05, 0) is 18.3 Å². The molecule has 54 valence electrons. The molecule has 2 heteroatoms. The second-order valence-electron chi connectivity index (χ2n) is 3.41. The minimum Gasteiger partial charge on any atom is -0.394 e. The van der Waals surface area contributed by atoms with Crippen molar-refractivity contribution in [3.63, 3.8) is 0 Å². The molecule has 0 radical (unpaired) electrons. The maximum Gasteiger partial charge on any atom is 0.0616 e. The Morgan fingerprint density at radius 1 is 1.67 bits per heavy atom. The quantitative estimate of drug-likeness (QED) is 0.570. The minimum atomic E-state index is -0.248.